The van der Waals surface area contributed by atoms with E-state index in [4.69, 9.17) is 21.0 Å². The van der Waals surface area contributed by atoms with E-state index in [1.165, 1.54) is 6.33 Å². The van der Waals surface area contributed by atoms with Crippen LogP contribution < -0.4 is 16.2 Å². The molecule has 0 atom stereocenters. The highest BCUT2D eigenvalue weighted by molar-refractivity contribution is 6.15. The minimum atomic E-state index is -0.500. The van der Waals surface area contributed by atoms with Crippen molar-refractivity contribution in [2.45, 2.75) is 57.1 Å². The van der Waals surface area contributed by atoms with Crippen LogP contribution in [0.2, 0.25) is 0 Å². The normalized spacial score (nSPS) is 24.4. The Morgan fingerprint density at radius 3 is 2.57 bits per heavy atom. The van der Waals surface area contributed by atoms with Crippen LogP contribution in [0.1, 0.15) is 50.7 Å². The first-order chi connectivity index (χ1) is 13.4. The van der Waals surface area contributed by atoms with Gasteiger partial charge in [-0.25, -0.2) is 9.97 Å². The van der Waals surface area contributed by atoms with Gasteiger partial charge in [0.15, 0.2) is 0 Å². The van der Waals surface area contributed by atoms with Gasteiger partial charge in [-0.1, -0.05) is 5.16 Å². The molecular formula is C21H27N5O2. The molecule has 4 rings (SSSR count). The third-order valence-corrected chi connectivity index (χ3v) is 5.80. The summed E-state index contributed by atoms with van der Waals surface area (Å²) in [6.45, 7) is 4.12. The van der Waals surface area contributed by atoms with Gasteiger partial charge in [0, 0.05) is 28.1 Å². The zero-order chi connectivity index (χ0) is 19.9. The predicted octanol–water partition coefficient (Wildman–Crippen LogP) is 3.02. The number of nitrogens with zero attached hydrogens (tertiary/aromatic N) is 3. The van der Waals surface area contributed by atoms with Gasteiger partial charge in [0.25, 0.3) is 0 Å². The maximum atomic E-state index is 6.27. The molecule has 2 aliphatic carbocycles. The molecule has 1 saturated carbocycles. The highest BCUT2D eigenvalue weighted by Gasteiger charge is 2.41. The number of rotatable bonds is 3. The van der Waals surface area contributed by atoms with Crippen LogP contribution >= 0.6 is 0 Å². The van der Waals surface area contributed by atoms with Crippen molar-refractivity contribution in [1.29, 1.82) is 0 Å². The minimum Gasteiger partial charge on any atom is -0.490 e. The number of aromatic nitrogens is 2. The molecule has 0 saturated heterocycles. The SMILES string of the molecule is CO/N=C1\c2cc(OC3CCC(N)CC3)ccc2-c2ncnc(N)c2C1(C)C. The molecule has 0 radical (unpaired) electrons. The number of ether oxygens (including phenoxy) is 1. The lowest BCUT2D eigenvalue weighted by atomic mass is 9.70. The van der Waals surface area contributed by atoms with Crippen LogP contribution in [-0.2, 0) is 10.3 Å². The molecule has 28 heavy (non-hydrogen) atoms. The highest BCUT2D eigenvalue weighted by Crippen LogP contribution is 2.45. The standard InChI is InChI=1S/C21H27N5O2/c1-21(2)17-18(24-11-25-20(17)23)15-9-8-14(10-16(15)19(21)26-27-3)28-13-6-4-12(22)5-7-13/h8-13H,4-7,22H2,1-3H3,(H2,23,24,25)/b26-19+. The van der Waals surface area contributed by atoms with E-state index in [1.54, 1.807) is 7.11 Å². The summed E-state index contributed by atoms with van der Waals surface area (Å²) in [7, 11) is 1.55. The molecule has 2 aliphatic rings. The van der Waals surface area contributed by atoms with Crippen LogP contribution in [0.4, 0.5) is 5.82 Å². The molecule has 0 bridgehead atoms. The summed E-state index contributed by atoms with van der Waals surface area (Å²) in [6.07, 6.45) is 5.67. The summed E-state index contributed by atoms with van der Waals surface area (Å²) in [5, 5.41) is 4.35. The highest BCUT2D eigenvalue weighted by atomic mass is 16.6. The fourth-order valence-electron chi connectivity index (χ4n) is 4.33. The second-order valence-corrected chi connectivity index (χ2v) is 8.09. The van der Waals surface area contributed by atoms with E-state index in [2.05, 4.69) is 29.0 Å². The van der Waals surface area contributed by atoms with E-state index in [0.717, 1.165) is 59.5 Å². The average Bonchev–Trinajstić information content (AvgIpc) is 2.66. The first kappa shape index (κ1) is 18.7. The lowest BCUT2D eigenvalue weighted by molar-refractivity contribution is 0.147. The maximum absolute atomic E-state index is 6.27. The maximum Gasteiger partial charge on any atom is 0.131 e. The zero-order valence-corrected chi connectivity index (χ0v) is 16.6. The first-order valence-corrected chi connectivity index (χ1v) is 9.71. The fraction of sp³-hybridized carbons (Fsp3) is 0.476. The summed E-state index contributed by atoms with van der Waals surface area (Å²) in [5.74, 6) is 1.28. The smallest absolute Gasteiger partial charge is 0.131 e. The van der Waals surface area contributed by atoms with Crippen molar-refractivity contribution in [2.24, 2.45) is 10.9 Å². The minimum absolute atomic E-state index is 0.197. The number of nitrogen functional groups attached to an aromatic ring is 1. The predicted molar refractivity (Wildman–Crippen MR) is 109 cm³/mol. The zero-order valence-electron chi connectivity index (χ0n) is 16.6. The number of nitrogens with two attached hydrogens (primary N) is 2. The molecule has 7 nitrogen and oxygen atoms in total. The van der Waals surface area contributed by atoms with E-state index in [-0.39, 0.29) is 6.10 Å². The largest absolute Gasteiger partial charge is 0.490 e. The van der Waals surface area contributed by atoms with Gasteiger partial charge in [0.05, 0.1) is 17.5 Å². The molecule has 0 aliphatic heterocycles. The van der Waals surface area contributed by atoms with Crippen molar-refractivity contribution < 1.29 is 9.57 Å². The molecular weight excluding hydrogens is 354 g/mol. The van der Waals surface area contributed by atoms with Gasteiger partial charge >= 0.3 is 0 Å². The van der Waals surface area contributed by atoms with Crippen molar-refractivity contribution >= 4 is 11.5 Å². The van der Waals surface area contributed by atoms with Gasteiger partial charge in [-0.2, -0.15) is 0 Å². The van der Waals surface area contributed by atoms with Crippen molar-refractivity contribution in [1.82, 2.24) is 9.97 Å². The van der Waals surface area contributed by atoms with Crippen molar-refractivity contribution in [3.8, 4) is 17.0 Å². The molecule has 1 aromatic carbocycles. The fourth-order valence-corrected chi connectivity index (χ4v) is 4.33. The second-order valence-electron chi connectivity index (χ2n) is 8.09. The van der Waals surface area contributed by atoms with Crippen LogP contribution in [0, 0.1) is 0 Å². The quantitative estimate of drug-likeness (QED) is 0.791. The molecule has 1 heterocycles. The van der Waals surface area contributed by atoms with E-state index >= 15 is 0 Å². The van der Waals surface area contributed by atoms with Crippen LogP contribution in [-0.4, -0.2) is 34.9 Å². The number of hydrogen-bond acceptors (Lipinski definition) is 7. The molecule has 0 spiro atoms. The third-order valence-electron chi connectivity index (χ3n) is 5.80. The Morgan fingerprint density at radius 2 is 1.86 bits per heavy atom. The van der Waals surface area contributed by atoms with Crippen molar-refractivity contribution in [2.75, 3.05) is 12.8 Å². The number of hydrogen-bond donors (Lipinski definition) is 2. The van der Waals surface area contributed by atoms with Gasteiger partial charge in [-0.3, -0.25) is 0 Å². The molecule has 148 valence electrons. The Morgan fingerprint density at radius 1 is 1.11 bits per heavy atom. The number of fused-ring (bicyclic) bond motifs is 3. The lowest BCUT2D eigenvalue weighted by Crippen LogP contribution is -2.36. The van der Waals surface area contributed by atoms with Gasteiger partial charge in [0.2, 0.25) is 0 Å². The summed E-state index contributed by atoms with van der Waals surface area (Å²) >= 11 is 0. The van der Waals surface area contributed by atoms with Gasteiger partial charge in [0.1, 0.15) is 25.0 Å². The second kappa shape index (κ2) is 7.05. The van der Waals surface area contributed by atoms with Crippen LogP contribution in [0.5, 0.6) is 5.75 Å². The Hall–Kier alpha value is -2.67. The van der Waals surface area contributed by atoms with Crippen LogP contribution in [0.15, 0.2) is 29.7 Å². The summed E-state index contributed by atoms with van der Waals surface area (Å²) in [4.78, 5) is 13.9. The van der Waals surface area contributed by atoms with E-state index in [1.807, 2.05) is 18.2 Å². The Kier molecular flexibility index (Phi) is 4.71. The Bertz CT molecular complexity index is 917. The van der Waals surface area contributed by atoms with Crippen molar-refractivity contribution in [3.63, 3.8) is 0 Å². The molecule has 1 fully saturated rings. The monoisotopic (exact) mass is 381 g/mol. The molecule has 0 unspecified atom stereocenters. The van der Waals surface area contributed by atoms with Gasteiger partial charge in [-0.05, 0) is 57.7 Å². The number of oxime groups is 1. The van der Waals surface area contributed by atoms with E-state index < -0.39 is 5.41 Å². The molecule has 7 heteroatoms. The average molecular weight is 381 g/mol. The molecule has 1 aromatic heterocycles. The Labute approximate surface area is 165 Å². The third kappa shape index (κ3) is 3.09. The molecule has 2 aromatic rings. The van der Waals surface area contributed by atoms with E-state index in [0.29, 0.717) is 11.9 Å². The van der Waals surface area contributed by atoms with Crippen LogP contribution in [0.25, 0.3) is 11.3 Å². The van der Waals surface area contributed by atoms with Gasteiger partial charge < -0.3 is 21.0 Å². The number of anilines is 1. The summed E-state index contributed by atoms with van der Waals surface area (Å²) in [6, 6.07) is 6.33. The summed E-state index contributed by atoms with van der Waals surface area (Å²) < 4.78 is 6.27. The van der Waals surface area contributed by atoms with Crippen molar-refractivity contribution in [3.05, 3.63) is 35.7 Å². The number of benzene rings is 1. The topological polar surface area (TPSA) is 109 Å². The summed E-state index contributed by atoms with van der Waals surface area (Å²) in [5.41, 5.74) is 16.1. The lowest BCUT2D eigenvalue weighted by Gasteiger charge is -2.35. The molecule has 4 N–H and O–H groups in total. The van der Waals surface area contributed by atoms with Crippen LogP contribution in [0.3, 0.4) is 0 Å². The first-order valence-electron chi connectivity index (χ1n) is 9.71. The molecule has 0 amide bonds. The Balaban J connectivity index is 1.78. The van der Waals surface area contributed by atoms with Gasteiger partial charge in [-0.15, -0.1) is 0 Å². The van der Waals surface area contributed by atoms with E-state index in [9.17, 15) is 0 Å².